The Morgan fingerprint density at radius 1 is 1.07 bits per heavy atom. The van der Waals surface area contributed by atoms with Gasteiger partial charge in [0.05, 0.1) is 11.4 Å². The molecule has 1 N–H and O–H groups in total. The number of pyridine rings is 1. The monoisotopic (exact) mass is 394 g/mol. The summed E-state index contributed by atoms with van der Waals surface area (Å²) < 4.78 is 17.3. The summed E-state index contributed by atoms with van der Waals surface area (Å²) in [5.74, 6) is -0.155. The van der Waals surface area contributed by atoms with Crippen LogP contribution in [0, 0.1) is 5.82 Å². The first-order chi connectivity index (χ1) is 13.7. The molecule has 1 aromatic carbocycles. The Balaban J connectivity index is 1.56. The fraction of sp³-hybridized carbons (Fsp3) is 0.0526. The Morgan fingerprint density at radius 3 is 2.64 bits per heavy atom. The second-order valence-corrected chi connectivity index (χ2v) is 6.68. The standard InChI is InChI=1S/C19H15FN6OS/c20-15-7-1-2-8-16(15)22-17(27)13-28-19-24-23-18(14-6-5-9-21-12-14)26(19)25-10-3-4-11-25/h1-12H,13H2,(H,22,27). The van der Waals surface area contributed by atoms with Crippen LogP contribution in [0.5, 0.6) is 0 Å². The smallest absolute Gasteiger partial charge is 0.234 e. The Kier molecular flexibility index (Phi) is 5.16. The molecule has 9 heteroatoms. The molecule has 0 spiro atoms. The van der Waals surface area contributed by atoms with Gasteiger partial charge in [-0.25, -0.2) is 9.07 Å². The molecule has 0 radical (unpaired) electrons. The van der Waals surface area contributed by atoms with Crippen molar-refractivity contribution in [2.24, 2.45) is 0 Å². The molecule has 7 nitrogen and oxygen atoms in total. The molecule has 0 aliphatic rings. The highest BCUT2D eigenvalue weighted by atomic mass is 32.2. The number of aromatic nitrogens is 5. The quantitative estimate of drug-likeness (QED) is 0.508. The maximum Gasteiger partial charge on any atom is 0.234 e. The number of anilines is 1. The number of rotatable bonds is 6. The zero-order valence-electron chi connectivity index (χ0n) is 14.6. The van der Waals surface area contributed by atoms with Crippen molar-refractivity contribution in [3.63, 3.8) is 0 Å². The molecule has 3 aromatic heterocycles. The topological polar surface area (TPSA) is 77.6 Å². The highest BCUT2D eigenvalue weighted by Gasteiger charge is 2.17. The SMILES string of the molecule is O=C(CSc1nnc(-c2cccnc2)n1-n1cccc1)Nc1ccccc1F. The molecule has 3 heterocycles. The van der Waals surface area contributed by atoms with Gasteiger partial charge in [-0.2, -0.15) is 0 Å². The van der Waals surface area contributed by atoms with E-state index in [-0.39, 0.29) is 17.3 Å². The first kappa shape index (κ1) is 17.9. The number of hydrogen-bond donors (Lipinski definition) is 1. The van der Waals surface area contributed by atoms with E-state index in [9.17, 15) is 9.18 Å². The van der Waals surface area contributed by atoms with Crippen LogP contribution in [0.25, 0.3) is 11.4 Å². The van der Waals surface area contributed by atoms with Crippen molar-refractivity contribution >= 4 is 23.4 Å². The van der Waals surface area contributed by atoms with Crippen molar-refractivity contribution in [3.8, 4) is 11.4 Å². The van der Waals surface area contributed by atoms with Crippen LogP contribution in [0.2, 0.25) is 0 Å². The highest BCUT2D eigenvalue weighted by molar-refractivity contribution is 7.99. The van der Waals surface area contributed by atoms with E-state index in [1.54, 1.807) is 29.2 Å². The molecular formula is C19H15FN6OS. The van der Waals surface area contributed by atoms with E-state index in [0.29, 0.717) is 11.0 Å². The van der Waals surface area contributed by atoms with Gasteiger partial charge in [-0.1, -0.05) is 23.9 Å². The van der Waals surface area contributed by atoms with Gasteiger partial charge in [0.25, 0.3) is 0 Å². The molecule has 28 heavy (non-hydrogen) atoms. The van der Waals surface area contributed by atoms with Crippen molar-refractivity contribution in [1.82, 2.24) is 24.5 Å². The molecule has 0 atom stereocenters. The van der Waals surface area contributed by atoms with Crippen LogP contribution in [-0.4, -0.2) is 36.2 Å². The van der Waals surface area contributed by atoms with Crippen LogP contribution in [0.3, 0.4) is 0 Å². The molecule has 140 valence electrons. The normalized spacial score (nSPS) is 10.8. The fourth-order valence-electron chi connectivity index (χ4n) is 2.58. The number of amides is 1. The third-order valence-corrected chi connectivity index (χ3v) is 4.75. The van der Waals surface area contributed by atoms with Crippen LogP contribution in [0.4, 0.5) is 10.1 Å². The van der Waals surface area contributed by atoms with E-state index in [1.807, 2.05) is 41.3 Å². The number of thioether (sulfide) groups is 1. The zero-order chi connectivity index (χ0) is 19.3. The van der Waals surface area contributed by atoms with E-state index in [4.69, 9.17) is 0 Å². The van der Waals surface area contributed by atoms with E-state index in [1.165, 1.54) is 23.9 Å². The van der Waals surface area contributed by atoms with Crippen molar-refractivity contribution < 1.29 is 9.18 Å². The van der Waals surface area contributed by atoms with Gasteiger partial charge in [-0.05, 0) is 36.4 Å². The summed E-state index contributed by atoms with van der Waals surface area (Å²) in [5.41, 5.74) is 0.947. The molecule has 4 rings (SSSR count). The number of hydrogen-bond acceptors (Lipinski definition) is 5. The Bertz CT molecular complexity index is 1080. The summed E-state index contributed by atoms with van der Waals surface area (Å²) in [7, 11) is 0. The molecule has 4 aromatic rings. The van der Waals surface area contributed by atoms with Crippen LogP contribution >= 0.6 is 11.8 Å². The lowest BCUT2D eigenvalue weighted by Crippen LogP contribution is -2.16. The maximum absolute atomic E-state index is 13.7. The minimum atomic E-state index is -0.477. The van der Waals surface area contributed by atoms with Crippen molar-refractivity contribution in [2.75, 3.05) is 11.1 Å². The molecule has 0 aliphatic carbocycles. The van der Waals surface area contributed by atoms with Gasteiger partial charge >= 0.3 is 0 Å². The van der Waals surface area contributed by atoms with Crippen LogP contribution < -0.4 is 5.32 Å². The lowest BCUT2D eigenvalue weighted by molar-refractivity contribution is -0.113. The van der Waals surface area contributed by atoms with Crippen molar-refractivity contribution in [1.29, 1.82) is 0 Å². The third-order valence-electron chi connectivity index (χ3n) is 3.83. The molecule has 1 amide bonds. The Labute approximate surface area is 164 Å². The largest absolute Gasteiger partial charge is 0.323 e. The second kappa shape index (κ2) is 8.05. The summed E-state index contributed by atoms with van der Waals surface area (Å²) in [4.78, 5) is 16.4. The molecule has 0 saturated heterocycles. The average Bonchev–Trinajstić information content (AvgIpc) is 3.38. The number of halogens is 1. The van der Waals surface area contributed by atoms with Crippen molar-refractivity contribution in [3.05, 3.63) is 79.1 Å². The van der Waals surface area contributed by atoms with E-state index in [0.717, 1.165) is 5.56 Å². The first-order valence-corrected chi connectivity index (χ1v) is 9.37. The molecule has 0 saturated carbocycles. The maximum atomic E-state index is 13.7. The average molecular weight is 394 g/mol. The lowest BCUT2D eigenvalue weighted by atomic mass is 10.3. The summed E-state index contributed by atoms with van der Waals surface area (Å²) >= 11 is 1.21. The predicted octanol–water partition coefficient (Wildman–Crippen LogP) is 3.32. The van der Waals surface area contributed by atoms with Crippen LogP contribution in [0.1, 0.15) is 0 Å². The van der Waals surface area contributed by atoms with Gasteiger partial charge in [0.15, 0.2) is 5.82 Å². The second-order valence-electron chi connectivity index (χ2n) is 5.74. The summed E-state index contributed by atoms with van der Waals surface area (Å²) in [6.07, 6.45) is 7.09. The number of carbonyl (C=O) groups excluding carboxylic acids is 1. The van der Waals surface area contributed by atoms with Gasteiger partial charge in [0.1, 0.15) is 5.82 Å². The summed E-state index contributed by atoms with van der Waals surface area (Å²) in [5, 5.41) is 11.6. The number of carbonyl (C=O) groups is 1. The number of nitrogens with zero attached hydrogens (tertiary/aromatic N) is 5. The van der Waals surface area contributed by atoms with Gasteiger partial charge in [-0.3, -0.25) is 14.5 Å². The van der Waals surface area contributed by atoms with Crippen LogP contribution in [0.15, 0.2) is 78.5 Å². The van der Waals surface area contributed by atoms with Crippen molar-refractivity contribution in [2.45, 2.75) is 5.16 Å². The summed E-state index contributed by atoms with van der Waals surface area (Å²) in [6, 6.07) is 13.5. The third kappa shape index (κ3) is 3.79. The minimum Gasteiger partial charge on any atom is -0.323 e. The molecule has 0 fully saturated rings. The molecular weight excluding hydrogens is 379 g/mol. The van der Waals surface area contributed by atoms with E-state index >= 15 is 0 Å². The van der Waals surface area contributed by atoms with E-state index < -0.39 is 5.82 Å². The van der Waals surface area contributed by atoms with Gasteiger partial charge in [-0.15, -0.1) is 10.2 Å². The molecule has 0 bridgehead atoms. The molecule has 0 unspecified atom stereocenters. The zero-order valence-corrected chi connectivity index (χ0v) is 15.4. The van der Waals surface area contributed by atoms with Crippen LogP contribution in [-0.2, 0) is 4.79 Å². The lowest BCUT2D eigenvalue weighted by Gasteiger charge is -2.11. The Morgan fingerprint density at radius 2 is 1.89 bits per heavy atom. The number of benzene rings is 1. The fourth-order valence-corrected chi connectivity index (χ4v) is 3.31. The molecule has 0 aliphatic heterocycles. The van der Waals surface area contributed by atoms with E-state index in [2.05, 4.69) is 20.5 Å². The first-order valence-electron chi connectivity index (χ1n) is 8.39. The summed E-state index contributed by atoms with van der Waals surface area (Å²) in [6.45, 7) is 0. The van der Waals surface area contributed by atoms with Gasteiger partial charge in [0.2, 0.25) is 11.1 Å². The highest BCUT2D eigenvalue weighted by Crippen LogP contribution is 2.24. The Hall–Kier alpha value is -3.46. The van der Waals surface area contributed by atoms with Gasteiger partial charge < -0.3 is 5.32 Å². The predicted molar refractivity (Wildman–Crippen MR) is 104 cm³/mol. The van der Waals surface area contributed by atoms with Gasteiger partial charge in [0, 0.05) is 30.4 Å². The number of nitrogens with one attached hydrogen (secondary N) is 1. The minimum absolute atomic E-state index is 0.0563. The number of para-hydroxylation sites is 1.